The lowest BCUT2D eigenvalue weighted by Gasteiger charge is -2.15. The fourth-order valence-corrected chi connectivity index (χ4v) is 2.53. The van der Waals surface area contributed by atoms with Gasteiger partial charge < -0.3 is 18.9 Å². The van der Waals surface area contributed by atoms with Gasteiger partial charge in [0.2, 0.25) is 5.75 Å². The summed E-state index contributed by atoms with van der Waals surface area (Å²) in [7, 11) is 4.33. The van der Waals surface area contributed by atoms with Crippen LogP contribution in [0.1, 0.15) is 10.4 Å². The summed E-state index contributed by atoms with van der Waals surface area (Å²) in [6, 6.07) is 9.48. The van der Waals surface area contributed by atoms with Gasteiger partial charge in [-0.3, -0.25) is 25.8 Å². The zero-order valence-corrected chi connectivity index (χ0v) is 18.0. The largest absolute Gasteiger partial charge is 0.493 e. The molecule has 0 saturated carbocycles. The van der Waals surface area contributed by atoms with Gasteiger partial charge in [0.15, 0.2) is 23.2 Å². The Morgan fingerprint density at radius 2 is 1.57 bits per heavy atom. The van der Waals surface area contributed by atoms with Crippen molar-refractivity contribution in [1.29, 1.82) is 0 Å². The zero-order chi connectivity index (χ0) is 22.1. The van der Waals surface area contributed by atoms with Crippen LogP contribution in [0.2, 0.25) is 5.02 Å². The molecule has 0 atom stereocenters. The van der Waals surface area contributed by atoms with Crippen molar-refractivity contribution < 1.29 is 28.5 Å². The van der Waals surface area contributed by atoms with Gasteiger partial charge in [-0.2, -0.15) is 0 Å². The predicted molar refractivity (Wildman–Crippen MR) is 114 cm³/mol. The highest BCUT2D eigenvalue weighted by molar-refractivity contribution is 7.80. The van der Waals surface area contributed by atoms with E-state index in [1.807, 2.05) is 0 Å². The quantitative estimate of drug-likeness (QED) is 0.432. The molecule has 30 heavy (non-hydrogen) atoms. The molecule has 3 N–H and O–H groups in total. The van der Waals surface area contributed by atoms with Crippen molar-refractivity contribution in [2.24, 2.45) is 0 Å². The molecule has 0 radical (unpaired) electrons. The molecule has 0 heterocycles. The molecule has 0 aliphatic carbocycles. The number of ether oxygens (including phenoxy) is 4. The van der Waals surface area contributed by atoms with Gasteiger partial charge in [-0.25, -0.2) is 0 Å². The zero-order valence-electron chi connectivity index (χ0n) is 16.4. The first-order chi connectivity index (χ1) is 14.4. The van der Waals surface area contributed by atoms with E-state index < -0.39 is 11.8 Å². The molecule has 2 aromatic rings. The number of methoxy groups -OCH3 is 3. The van der Waals surface area contributed by atoms with Crippen LogP contribution >= 0.6 is 23.8 Å². The topological polar surface area (TPSA) is 107 Å². The number of hydrogen-bond acceptors (Lipinski definition) is 7. The lowest BCUT2D eigenvalue weighted by Crippen LogP contribution is -2.49. The summed E-state index contributed by atoms with van der Waals surface area (Å²) in [6.45, 7) is -0.266. The van der Waals surface area contributed by atoms with Crippen LogP contribution in [0.4, 0.5) is 0 Å². The molecule has 2 aromatic carbocycles. The Morgan fingerprint density at radius 1 is 0.967 bits per heavy atom. The van der Waals surface area contributed by atoms with Crippen molar-refractivity contribution in [3.05, 3.63) is 47.0 Å². The van der Waals surface area contributed by atoms with Crippen molar-refractivity contribution in [3.8, 4) is 23.0 Å². The number of carbonyl (C=O) groups excluding carboxylic acids is 2. The number of carbonyl (C=O) groups is 2. The normalized spacial score (nSPS) is 9.87. The average Bonchev–Trinajstić information content (AvgIpc) is 2.76. The van der Waals surface area contributed by atoms with Gasteiger partial charge in [0.05, 0.1) is 21.3 Å². The lowest BCUT2D eigenvalue weighted by molar-refractivity contribution is -0.123. The molecule has 0 aromatic heterocycles. The van der Waals surface area contributed by atoms with Crippen molar-refractivity contribution in [3.63, 3.8) is 0 Å². The smallest absolute Gasteiger partial charge is 0.276 e. The number of amides is 2. The van der Waals surface area contributed by atoms with Crippen LogP contribution in [0.25, 0.3) is 0 Å². The standard InChI is InChI=1S/C19H20ClN3O6S/c1-26-14-8-11(9-15(27-2)17(14)28-3)18(25)21-19(30)23-22-16(24)10-29-13-6-4-12(20)5-7-13/h4-9H,10H2,1-3H3,(H,22,24)(H2,21,23,25,30). The number of hydrazine groups is 1. The minimum Gasteiger partial charge on any atom is -0.493 e. The first-order valence-corrected chi connectivity index (χ1v) is 9.25. The van der Waals surface area contributed by atoms with Crippen molar-refractivity contribution >= 4 is 40.7 Å². The molecule has 0 fully saturated rings. The third-order valence-corrected chi connectivity index (χ3v) is 4.11. The Hall–Kier alpha value is -3.24. The summed E-state index contributed by atoms with van der Waals surface area (Å²) in [5.74, 6) is 0.410. The second-order valence-corrected chi connectivity index (χ2v) is 6.46. The SMILES string of the molecule is COc1cc(C(=O)NC(=S)NNC(=O)COc2ccc(Cl)cc2)cc(OC)c1OC. The Kier molecular flexibility index (Phi) is 8.51. The summed E-state index contributed by atoms with van der Waals surface area (Å²) in [4.78, 5) is 24.3. The van der Waals surface area contributed by atoms with Gasteiger partial charge in [-0.15, -0.1) is 0 Å². The Balaban J connectivity index is 1.87. The number of thiocarbonyl (C=S) groups is 1. The fourth-order valence-electron chi connectivity index (χ4n) is 2.26. The molecular formula is C19H20ClN3O6S. The minimum atomic E-state index is -0.543. The first kappa shape index (κ1) is 23.0. The maximum absolute atomic E-state index is 12.4. The van der Waals surface area contributed by atoms with Gasteiger partial charge >= 0.3 is 0 Å². The average molecular weight is 454 g/mol. The monoisotopic (exact) mass is 453 g/mol. The van der Waals surface area contributed by atoms with Crippen molar-refractivity contribution in [2.75, 3.05) is 27.9 Å². The summed E-state index contributed by atoms with van der Waals surface area (Å²) < 4.78 is 20.9. The second-order valence-electron chi connectivity index (χ2n) is 5.61. The van der Waals surface area contributed by atoms with Gasteiger partial charge in [0, 0.05) is 10.6 Å². The third kappa shape index (κ3) is 6.39. The van der Waals surface area contributed by atoms with Crippen molar-refractivity contribution in [2.45, 2.75) is 0 Å². The second kappa shape index (κ2) is 11.1. The van der Waals surface area contributed by atoms with E-state index in [-0.39, 0.29) is 17.3 Å². The Morgan fingerprint density at radius 3 is 2.10 bits per heavy atom. The van der Waals surface area contributed by atoms with Crippen LogP contribution in [0, 0.1) is 0 Å². The van der Waals surface area contributed by atoms with Crippen LogP contribution in [0.15, 0.2) is 36.4 Å². The molecule has 9 nitrogen and oxygen atoms in total. The van der Waals surface area contributed by atoms with Crippen LogP contribution in [0.3, 0.4) is 0 Å². The molecule has 0 saturated heterocycles. The van der Waals surface area contributed by atoms with E-state index in [0.717, 1.165) is 0 Å². The number of halogens is 1. The highest BCUT2D eigenvalue weighted by atomic mass is 35.5. The van der Waals surface area contributed by atoms with Crippen molar-refractivity contribution in [1.82, 2.24) is 16.2 Å². The summed E-state index contributed by atoms with van der Waals surface area (Å²) in [5.41, 5.74) is 4.95. The molecule has 2 amide bonds. The van der Waals surface area contributed by atoms with E-state index in [2.05, 4.69) is 16.2 Å². The molecule has 0 aliphatic heterocycles. The van der Waals surface area contributed by atoms with E-state index in [1.54, 1.807) is 24.3 Å². The van der Waals surface area contributed by atoms with Crippen LogP contribution < -0.4 is 35.1 Å². The number of rotatable bonds is 7. The molecule has 11 heteroatoms. The number of hydrogen-bond donors (Lipinski definition) is 3. The maximum Gasteiger partial charge on any atom is 0.276 e. The highest BCUT2D eigenvalue weighted by Gasteiger charge is 2.17. The number of benzene rings is 2. The lowest BCUT2D eigenvalue weighted by atomic mass is 10.1. The maximum atomic E-state index is 12.4. The summed E-state index contributed by atoms with van der Waals surface area (Å²) >= 11 is 10.8. The Labute approximate surface area is 183 Å². The third-order valence-electron chi connectivity index (χ3n) is 3.65. The Bertz CT molecular complexity index is 898. The summed E-state index contributed by atoms with van der Waals surface area (Å²) in [5, 5.41) is 2.87. The van der Waals surface area contributed by atoms with Gasteiger partial charge in [0.25, 0.3) is 11.8 Å². The predicted octanol–water partition coefficient (Wildman–Crippen LogP) is 2.08. The summed E-state index contributed by atoms with van der Waals surface area (Å²) in [6.07, 6.45) is 0. The first-order valence-electron chi connectivity index (χ1n) is 8.46. The molecule has 0 aliphatic rings. The minimum absolute atomic E-state index is 0.117. The molecule has 0 bridgehead atoms. The van der Waals surface area contributed by atoms with E-state index in [9.17, 15) is 9.59 Å². The molecule has 2 rings (SSSR count). The molecule has 0 spiro atoms. The van der Waals surface area contributed by atoms with Gasteiger partial charge in [0.1, 0.15) is 5.75 Å². The molecule has 0 unspecified atom stereocenters. The van der Waals surface area contributed by atoms with E-state index in [4.69, 9.17) is 42.8 Å². The molecule has 160 valence electrons. The highest BCUT2D eigenvalue weighted by Crippen LogP contribution is 2.38. The van der Waals surface area contributed by atoms with Crippen LogP contribution in [0.5, 0.6) is 23.0 Å². The fraction of sp³-hybridized carbons (Fsp3) is 0.211. The van der Waals surface area contributed by atoms with Gasteiger partial charge in [-0.05, 0) is 48.6 Å². The molecular weight excluding hydrogens is 434 g/mol. The van der Waals surface area contributed by atoms with E-state index in [0.29, 0.717) is 28.0 Å². The van der Waals surface area contributed by atoms with E-state index >= 15 is 0 Å². The number of nitrogens with one attached hydrogen (secondary N) is 3. The van der Waals surface area contributed by atoms with Gasteiger partial charge in [-0.1, -0.05) is 11.6 Å². The van der Waals surface area contributed by atoms with Crippen LogP contribution in [-0.4, -0.2) is 44.9 Å². The van der Waals surface area contributed by atoms with Crippen LogP contribution in [-0.2, 0) is 4.79 Å². The van der Waals surface area contributed by atoms with E-state index in [1.165, 1.54) is 33.5 Å².